The Bertz CT molecular complexity index is 515. The van der Waals surface area contributed by atoms with Crippen molar-refractivity contribution in [3.05, 3.63) is 33.8 Å². The third-order valence-electron chi connectivity index (χ3n) is 3.54. The predicted octanol–water partition coefficient (Wildman–Crippen LogP) is 2.58. The highest BCUT2D eigenvalue weighted by atomic mass is 79.9. The van der Waals surface area contributed by atoms with Crippen molar-refractivity contribution in [2.75, 3.05) is 6.54 Å². The summed E-state index contributed by atoms with van der Waals surface area (Å²) >= 11 is 3.42. The molecule has 5 heteroatoms. The van der Waals surface area contributed by atoms with Crippen molar-refractivity contribution in [3.8, 4) is 0 Å². The third-order valence-corrected chi connectivity index (χ3v) is 4.04. The minimum Gasteiger partial charge on any atom is -0.481 e. The molecule has 1 aromatic rings. The molecule has 1 heterocycles. The number of halogens is 1. The number of piperidine rings is 1. The van der Waals surface area contributed by atoms with E-state index in [0.29, 0.717) is 19.5 Å². The number of aryl methyl sites for hydroxylation is 1. The van der Waals surface area contributed by atoms with E-state index in [1.807, 2.05) is 25.1 Å². The summed E-state index contributed by atoms with van der Waals surface area (Å²) < 4.78 is 0.987. The molecule has 1 atom stereocenters. The van der Waals surface area contributed by atoms with Crippen LogP contribution >= 0.6 is 15.9 Å². The smallest absolute Gasteiger partial charge is 0.307 e. The van der Waals surface area contributed by atoms with Crippen molar-refractivity contribution in [3.63, 3.8) is 0 Å². The first-order chi connectivity index (χ1) is 8.97. The summed E-state index contributed by atoms with van der Waals surface area (Å²) in [6, 6.07) is 5.98. The molecule has 4 nitrogen and oxygen atoms in total. The molecule has 1 N–H and O–H groups in total. The first-order valence-corrected chi connectivity index (χ1v) is 7.02. The fourth-order valence-corrected chi connectivity index (χ4v) is 2.68. The molecule has 102 valence electrons. The van der Waals surface area contributed by atoms with E-state index in [1.54, 1.807) is 4.90 Å². The molecule has 0 bridgehead atoms. The van der Waals surface area contributed by atoms with Crippen LogP contribution < -0.4 is 0 Å². The minimum absolute atomic E-state index is 0.0713. The van der Waals surface area contributed by atoms with Gasteiger partial charge >= 0.3 is 5.97 Å². The topological polar surface area (TPSA) is 57.6 Å². The van der Waals surface area contributed by atoms with Crippen molar-refractivity contribution < 1.29 is 14.7 Å². The lowest BCUT2D eigenvalue weighted by Gasteiger charge is -2.30. The standard InChI is InChI=1S/C14H16BrNO3/c1-9-2-3-12(15)6-11(9)8-16-5-4-10(14(18)19)7-13(16)17/h2-3,6,10H,4-5,7-8H2,1H3,(H,18,19). The minimum atomic E-state index is -0.869. The molecular weight excluding hydrogens is 310 g/mol. The molecule has 0 radical (unpaired) electrons. The van der Waals surface area contributed by atoms with E-state index in [9.17, 15) is 9.59 Å². The van der Waals surface area contributed by atoms with Crippen molar-refractivity contribution in [2.24, 2.45) is 5.92 Å². The second-order valence-corrected chi connectivity index (χ2v) is 5.83. The summed E-state index contributed by atoms with van der Waals surface area (Å²) in [6.45, 7) is 3.08. The number of hydrogen-bond donors (Lipinski definition) is 1. The molecule has 1 aliphatic heterocycles. The molecule has 1 aliphatic rings. The molecule has 0 aromatic heterocycles. The SMILES string of the molecule is Cc1ccc(Br)cc1CN1CCC(C(=O)O)CC1=O. The van der Waals surface area contributed by atoms with Gasteiger partial charge in [-0.15, -0.1) is 0 Å². The number of carboxylic acid groups (broad SMARTS) is 1. The van der Waals surface area contributed by atoms with E-state index in [0.717, 1.165) is 15.6 Å². The van der Waals surface area contributed by atoms with Crippen molar-refractivity contribution in [1.82, 2.24) is 4.90 Å². The Hall–Kier alpha value is -1.36. The van der Waals surface area contributed by atoms with E-state index >= 15 is 0 Å². The summed E-state index contributed by atoms with van der Waals surface area (Å²) in [7, 11) is 0. The Balaban J connectivity index is 2.06. The zero-order valence-corrected chi connectivity index (χ0v) is 12.3. The predicted molar refractivity (Wildman–Crippen MR) is 74.7 cm³/mol. The van der Waals surface area contributed by atoms with Gasteiger partial charge in [0, 0.05) is 24.0 Å². The largest absolute Gasteiger partial charge is 0.481 e. The summed E-state index contributed by atoms with van der Waals surface area (Å²) in [5, 5.41) is 8.94. The molecule has 0 saturated carbocycles. The van der Waals surface area contributed by atoms with Crippen LogP contribution in [0.25, 0.3) is 0 Å². The lowest BCUT2D eigenvalue weighted by Crippen LogP contribution is -2.40. The maximum atomic E-state index is 12.0. The highest BCUT2D eigenvalue weighted by molar-refractivity contribution is 9.10. The van der Waals surface area contributed by atoms with Crippen LogP contribution in [0.5, 0.6) is 0 Å². The Morgan fingerprint density at radius 3 is 2.89 bits per heavy atom. The Kier molecular flexibility index (Phi) is 4.24. The van der Waals surface area contributed by atoms with Gasteiger partial charge < -0.3 is 10.0 Å². The van der Waals surface area contributed by atoms with Gasteiger partial charge in [-0.2, -0.15) is 0 Å². The van der Waals surface area contributed by atoms with E-state index in [-0.39, 0.29) is 12.3 Å². The lowest BCUT2D eigenvalue weighted by molar-refractivity contribution is -0.149. The number of likely N-dealkylation sites (tertiary alicyclic amines) is 1. The lowest BCUT2D eigenvalue weighted by atomic mass is 9.96. The molecule has 0 spiro atoms. The quantitative estimate of drug-likeness (QED) is 0.929. The molecule has 19 heavy (non-hydrogen) atoms. The first-order valence-electron chi connectivity index (χ1n) is 6.23. The Morgan fingerprint density at radius 1 is 1.53 bits per heavy atom. The van der Waals surface area contributed by atoms with E-state index in [4.69, 9.17) is 5.11 Å². The van der Waals surface area contributed by atoms with Gasteiger partial charge in [0.2, 0.25) is 5.91 Å². The second kappa shape index (κ2) is 5.74. The van der Waals surface area contributed by atoms with Crippen molar-refractivity contribution in [1.29, 1.82) is 0 Å². The van der Waals surface area contributed by atoms with E-state index < -0.39 is 11.9 Å². The molecule has 1 unspecified atom stereocenters. The van der Waals surface area contributed by atoms with Crippen molar-refractivity contribution >= 4 is 27.8 Å². The molecule has 1 aromatic carbocycles. The highest BCUT2D eigenvalue weighted by Gasteiger charge is 2.30. The average molecular weight is 326 g/mol. The maximum Gasteiger partial charge on any atom is 0.307 e. The summed E-state index contributed by atoms with van der Waals surface area (Å²) in [5.74, 6) is -1.46. The molecule has 0 aliphatic carbocycles. The van der Waals surface area contributed by atoms with Gasteiger partial charge in [0.05, 0.1) is 5.92 Å². The monoisotopic (exact) mass is 325 g/mol. The van der Waals surface area contributed by atoms with Gasteiger partial charge in [-0.1, -0.05) is 22.0 Å². The van der Waals surface area contributed by atoms with Crippen LogP contribution in [0.15, 0.2) is 22.7 Å². The van der Waals surface area contributed by atoms with Crippen LogP contribution in [-0.4, -0.2) is 28.4 Å². The molecule has 1 saturated heterocycles. The maximum absolute atomic E-state index is 12.0. The number of rotatable bonds is 3. The van der Waals surface area contributed by atoms with Crippen LogP contribution in [0, 0.1) is 12.8 Å². The van der Waals surface area contributed by atoms with Gasteiger partial charge in [-0.3, -0.25) is 9.59 Å². The van der Waals surface area contributed by atoms with Crippen LogP contribution in [0.4, 0.5) is 0 Å². The van der Waals surface area contributed by atoms with E-state index in [2.05, 4.69) is 15.9 Å². The van der Waals surface area contributed by atoms with Crippen molar-refractivity contribution in [2.45, 2.75) is 26.3 Å². The normalized spacial score (nSPS) is 19.6. The molecule has 1 amide bonds. The molecular formula is C14H16BrNO3. The Labute approximate surface area is 120 Å². The number of amides is 1. The van der Waals surface area contributed by atoms with Crippen LogP contribution in [0.1, 0.15) is 24.0 Å². The fraction of sp³-hybridized carbons (Fsp3) is 0.429. The summed E-state index contributed by atoms with van der Waals surface area (Å²) in [6.07, 6.45) is 0.649. The van der Waals surface area contributed by atoms with Crippen LogP contribution in [0.3, 0.4) is 0 Å². The van der Waals surface area contributed by atoms with Gasteiger partial charge in [-0.05, 0) is 36.6 Å². The number of benzene rings is 1. The summed E-state index contributed by atoms with van der Waals surface area (Å²) in [5.41, 5.74) is 2.23. The third kappa shape index (κ3) is 3.35. The zero-order chi connectivity index (χ0) is 14.0. The second-order valence-electron chi connectivity index (χ2n) is 4.91. The Morgan fingerprint density at radius 2 is 2.26 bits per heavy atom. The highest BCUT2D eigenvalue weighted by Crippen LogP contribution is 2.23. The van der Waals surface area contributed by atoms with Gasteiger partial charge in [-0.25, -0.2) is 0 Å². The molecule has 2 rings (SSSR count). The first kappa shape index (κ1) is 14.1. The number of carbonyl (C=O) groups is 2. The van der Waals surface area contributed by atoms with E-state index in [1.165, 1.54) is 0 Å². The van der Waals surface area contributed by atoms with Gasteiger partial charge in [0.25, 0.3) is 0 Å². The fourth-order valence-electron chi connectivity index (χ4n) is 2.27. The average Bonchev–Trinajstić information content (AvgIpc) is 2.36. The number of carboxylic acids is 1. The van der Waals surface area contributed by atoms with Crippen LogP contribution in [0.2, 0.25) is 0 Å². The summed E-state index contributed by atoms with van der Waals surface area (Å²) in [4.78, 5) is 24.6. The van der Waals surface area contributed by atoms with Gasteiger partial charge in [0.1, 0.15) is 0 Å². The number of nitrogens with zero attached hydrogens (tertiary/aromatic N) is 1. The molecule has 1 fully saturated rings. The zero-order valence-electron chi connectivity index (χ0n) is 10.7. The van der Waals surface area contributed by atoms with Gasteiger partial charge in [0.15, 0.2) is 0 Å². The van der Waals surface area contributed by atoms with Crippen LogP contribution in [-0.2, 0) is 16.1 Å². The number of carbonyl (C=O) groups excluding carboxylic acids is 1. The number of aliphatic carboxylic acids is 1. The number of hydrogen-bond acceptors (Lipinski definition) is 2.